The first-order chi connectivity index (χ1) is 14.7. The van der Waals surface area contributed by atoms with Gasteiger partial charge in [-0.3, -0.25) is 10.2 Å². The highest BCUT2D eigenvalue weighted by Gasteiger charge is 2.40. The lowest BCUT2D eigenvalue weighted by molar-refractivity contribution is 0.217. The molecule has 2 saturated heterocycles. The van der Waals surface area contributed by atoms with Crippen LogP contribution in [0.1, 0.15) is 24.8 Å². The lowest BCUT2D eigenvalue weighted by atomic mass is 10.1. The number of carbonyl (C=O) groups excluding carboxylic acids is 1. The summed E-state index contributed by atoms with van der Waals surface area (Å²) in [6.07, 6.45) is 3.78. The minimum atomic E-state index is -0.368. The van der Waals surface area contributed by atoms with Crippen LogP contribution in [0.3, 0.4) is 0 Å². The van der Waals surface area contributed by atoms with Gasteiger partial charge in [0, 0.05) is 25.4 Å². The molecule has 6 rings (SSSR count). The molecule has 1 atom stereocenters. The van der Waals surface area contributed by atoms with E-state index < -0.39 is 0 Å². The van der Waals surface area contributed by atoms with Gasteiger partial charge in [-0.2, -0.15) is 0 Å². The highest BCUT2D eigenvalue weighted by Crippen LogP contribution is 2.43. The maximum Gasteiger partial charge on any atom is 0.328 e. The molecule has 2 amide bonds. The molecule has 0 aliphatic carbocycles. The van der Waals surface area contributed by atoms with Crippen molar-refractivity contribution in [3.8, 4) is 0 Å². The summed E-state index contributed by atoms with van der Waals surface area (Å²) in [4.78, 5) is 23.3. The number of benzene rings is 2. The molecule has 30 heavy (non-hydrogen) atoms. The van der Waals surface area contributed by atoms with E-state index in [1.54, 1.807) is 17.2 Å². The lowest BCUT2D eigenvalue weighted by Gasteiger charge is -2.35. The van der Waals surface area contributed by atoms with Gasteiger partial charge in [-0.1, -0.05) is 12.1 Å². The van der Waals surface area contributed by atoms with Crippen LogP contribution in [0.25, 0.3) is 11.1 Å². The number of nitrogens with one attached hydrogen (secondary N) is 1. The molecule has 8 heteroatoms. The Bertz CT molecular complexity index is 1150. The molecule has 3 aliphatic heterocycles. The van der Waals surface area contributed by atoms with Crippen molar-refractivity contribution in [2.24, 2.45) is 0 Å². The second-order valence-electron chi connectivity index (χ2n) is 7.78. The number of hydrogen-bond donors (Lipinski definition) is 1. The number of para-hydroxylation sites is 2. The first kappa shape index (κ1) is 17.5. The van der Waals surface area contributed by atoms with Gasteiger partial charge < -0.3 is 14.2 Å². The fourth-order valence-corrected chi connectivity index (χ4v) is 4.47. The number of halogens is 1. The molecule has 2 fully saturated rings. The van der Waals surface area contributed by atoms with Gasteiger partial charge in [0.05, 0.1) is 23.7 Å². The molecule has 1 N–H and O–H groups in total. The fourth-order valence-electron chi connectivity index (χ4n) is 4.47. The zero-order valence-electron chi connectivity index (χ0n) is 16.2. The Morgan fingerprint density at radius 1 is 1.13 bits per heavy atom. The van der Waals surface area contributed by atoms with E-state index in [9.17, 15) is 9.18 Å². The van der Waals surface area contributed by atoms with Crippen LogP contribution in [0.2, 0.25) is 0 Å². The second-order valence-corrected chi connectivity index (χ2v) is 7.78. The highest BCUT2D eigenvalue weighted by atomic mass is 19.1. The summed E-state index contributed by atoms with van der Waals surface area (Å²) in [6, 6.07) is 11.8. The van der Waals surface area contributed by atoms with E-state index in [2.05, 4.69) is 10.3 Å². The number of likely N-dealkylation sites (tertiary alicyclic amines) is 1. The van der Waals surface area contributed by atoms with Crippen molar-refractivity contribution in [2.45, 2.75) is 18.9 Å². The third-order valence-electron chi connectivity index (χ3n) is 5.95. The Balaban J connectivity index is 1.44. The van der Waals surface area contributed by atoms with Gasteiger partial charge >= 0.3 is 6.03 Å². The van der Waals surface area contributed by atoms with Crippen LogP contribution >= 0.6 is 0 Å². The number of carbonyl (C=O) groups is 1. The lowest BCUT2D eigenvalue weighted by Crippen LogP contribution is -2.42. The van der Waals surface area contributed by atoms with Gasteiger partial charge in [0.15, 0.2) is 5.58 Å². The number of aromatic nitrogens is 1. The summed E-state index contributed by atoms with van der Waals surface area (Å²) in [5.74, 6) is 0.177. The van der Waals surface area contributed by atoms with Crippen LogP contribution in [0.5, 0.6) is 0 Å². The number of anilines is 2. The summed E-state index contributed by atoms with van der Waals surface area (Å²) in [6.45, 7) is 1.96. The van der Waals surface area contributed by atoms with Crippen molar-refractivity contribution in [2.75, 3.05) is 29.6 Å². The van der Waals surface area contributed by atoms with E-state index in [1.165, 1.54) is 12.1 Å². The van der Waals surface area contributed by atoms with E-state index in [4.69, 9.17) is 4.42 Å². The third kappa shape index (κ3) is 2.60. The van der Waals surface area contributed by atoms with Gasteiger partial charge in [-0.25, -0.2) is 14.2 Å². The molecule has 152 valence electrons. The first-order valence-electron chi connectivity index (χ1n) is 10.1. The number of amides is 2. The molecule has 0 spiro atoms. The topological polar surface area (TPSA) is 64.9 Å². The molecular weight excluding hydrogens is 385 g/mol. The van der Waals surface area contributed by atoms with Crippen LogP contribution < -0.4 is 15.1 Å². The number of fused-ring (bicyclic) bond motifs is 4. The zero-order valence-corrected chi connectivity index (χ0v) is 16.2. The zero-order chi connectivity index (χ0) is 20.2. The third-order valence-corrected chi connectivity index (χ3v) is 5.95. The standard InChI is InChI=1S/C22H20FN5O2/c23-14-7-8-16-17(11-14)27(22(29)26-9-3-4-10-26)12-18-20(24-13-28(16)18)21-25-15-5-1-2-6-19(15)30-21/h1-2,5-8,11-12,20,24H,3-4,9-10,13H2. The van der Waals surface area contributed by atoms with Crippen LogP contribution in [0.4, 0.5) is 20.6 Å². The van der Waals surface area contributed by atoms with E-state index in [1.807, 2.05) is 34.1 Å². The number of hydrogen-bond acceptors (Lipinski definition) is 5. The van der Waals surface area contributed by atoms with E-state index >= 15 is 0 Å². The molecule has 0 radical (unpaired) electrons. The summed E-state index contributed by atoms with van der Waals surface area (Å²) in [7, 11) is 0. The average molecular weight is 405 g/mol. The Kier molecular flexibility index (Phi) is 3.82. The number of oxazole rings is 1. The molecule has 7 nitrogen and oxygen atoms in total. The Morgan fingerprint density at radius 2 is 1.97 bits per heavy atom. The predicted molar refractivity (Wildman–Crippen MR) is 110 cm³/mol. The Morgan fingerprint density at radius 3 is 2.80 bits per heavy atom. The van der Waals surface area contributed by atoms with E-state index in [0.717, 1.165) is 48.4 Å². The quantitative estimate of drug-likeness (QED) is 0.664. The predicted octanol–water partition coefficient (Wildman–Crippen LogP) is 3.95. The van der Waals surface area contributed by atoms with Gasteiger partial charge in [-0.05, 0) is 37.1 Å². The second kappa shape index (κ2) is 6.56. The monoisotopic (exact) mass is 405 g/mol. The first-order valence-corrected chi connectivity index (χ1v) is 10.1. The minimum absolute atomic E-state index is 0.130. The van der Waals surface area contributed by atoms with Gasteiger partial charge in [0.2, 0.25) is 5.89 Å². The van der Waals surface area contributed by atoms with Gasteiger partial charge in [-0.15, -0.1) is 0 Å². The fraction of sp³-hybridized carbons (Fsp3) is 0.273. The molecule has 4 heterocycles. The van der Waals surface area contributed by atoms with Gasteiger partial charge in [0.25, 0.3) is 0 Å². The summed E-state index contributed by atoms with van der Waals surface area (Å²) in [5, 5.41) is 3.42. The highest BCUT2D eigenvalue weighted by molar-refractivity contribution is 5.99. The molecule has 1 aromatic heterocycles. The maximum atomic E-state index is 14.1. The molecule has 0 bridgehead atoms. The largest absolute Gasteiger partial charge is 0.439 e. The maximum absolute atomic E-state index is 14.1. The van der Waals surface area contributed by atoms with E-state index in [0.29, 0.717) is 18.2 Å². The number of rotatable bonds is 1. The summed E-state index contributed by atoms with van der Waals surface area (Å²) >= 11 is 0. The van der Waals surface area contributed by atoms with Crippen LogP contribution in [-0.4, -0.2) is 35.7 Å². The van der Waals surface area contributed by atoms with Crippen molar-refractivity contribution in [1.82, 2.24) is 15.2 Å². The van der Waals surface area contributed by atoms with Crippen molar-refractivity contribution in [3.05, 3.63) is 66.1 Å². The number of urea groups is 1. The van der Waals surface area contributed by atoms with Crippen LogP contribution in [0.15, 0.2) is 58.8 Å². The normalized spacial score (nSPS) is 20.5. The molecule has 2 aromatic carbocycles. The summed E-state index contributed by atoms with van der Waals surface area (Å²) < 4.78 is 20.1. The van der Waals surface area contributed by atoms with E-state index in [-0.39, 0.29) is 17.9 Å². The molecule has 3 aliphatic rings. The Labute approximate surface area is 172 Å². The van der Waals surface area contributed by atoms with Crippen molar-refractivity contribution >= 4 is 28.5 Å². The van der Waals surface area contributed by atoms with Crippen LogP contribution in [-0.2, 0) is 0 Å². The minimum Gasteiger partial charge on any atom is -0.439 e. The molecule has 1 unspecified atom stereocenters. The van der Waals surface area contributed by atoms with Gasteiger partial charge in [0.1, 0.15) is 17.4 Å². The molecular formula is C22H20FN5O2. The average Bonchev–Trinajstić information content (AvgIpc) is 3.51. The summed E-state index contributed by atoms with van der Waals surface area (Å²) in [5.41, 5.74) is 3.70. The molecule has 3 aromatic rings. The number of nitrogens with zero attached hydrogens (tertiary/aromatic N) is 4. The Hall–Kier alpha value is -3.39. The van der Waals surface area contributed by atoms with Crippen LogP contribution in [0, 0.1) is 5.82 Å². The SMILES string of the molecule is O=C(N1CCCC1)N1C=C2C(c3nc4ccccc4o3)NCN2c2ccc(F)cc21. The van der Waals surface area contributed by atoms with Crippen molar-refractivity contribution in [1.29, 1.82) is 0 Å². The molecule has 0 saturated carbocycles. The van der Waals surface area contributed by atoms with Crippen molar-refractivity contribution in [3.63, 3.8) is 0 Å². The smallest absolute Gasteiger partial charge is 0.328 e. The van der Waals surface area contributed by atoms with Crippen molar-refractivity contribution < 1.29 is 13.6 Å².